The monoisotopic (exact) mass is 498 g/mol. The lowest BCUT2D eigenvalue weighted by molar-refractivity contribution is -0.138. The normalized spacial score (nSPS) is 15.4. The number of hydrogen-bond donors (Lipinski definition) is 1. The number of benzene rings is 2. The van der Waals surface area contributed by atoms with E-state index in [0.717, 1.165) is 11.8 Å². The van der Waals surface area contributed by atoms with Gasteiger partial charge >= 0.3 is 6.18 Å². The Hall–Kier alpha value is -4.15. The molecule has 186 valence electrons. The van der Waals surface area contributed by atoms with Crippen LogP contribution in [0.1, 0.15) is 28.4 Å². The number of hydrogen-bond acceptors (Lipinski definition) is 6. The minimum atomic E-state index is -4.51. The first-order valence-electron chi connectivity index (χ1n) is 11.1. The van der Waals surface area contributed by atoms with E-state index in [1.54, 1.807) is 47.8 Å². The number of nitrogens with zero attached hydrogens (tertiary/aromatic N) is 5. The molecule has 0 amide bonds. The minimum Gasteiger partial charge on any atom is -0.486 e. The van der Waals surface area contributed by atoms with Gasteiger partial charge in [-0.3, -0.25) is 0 Å². The van der Waals surface area contributed by atoms with Gasteiger partial charge in [-0.1, -0.05) is 17.7 Å². The van der Waals surface area contributed by atoms with Crippen LogP contribution in [0.25, 0.3) is 5.69 Å². The van der Waals surface area contributed by atoms with Crippen molar-refractivity contribution in [1.29, 1.82) is 0 Å². The highest BCUT2D eigenvalue weighted by atomic mass is 19.4. The summed E-state index contributed by atoms with van der Waals surface area (Å²) in [5.41, 5.74) is 1.41. The SMILES string of the molecule is Cc1ccc(C2COc3cnc(Nc4ccc(-n5cnc(C)c5)c(F)c4)nc3N2C)c(C(F)(F)F)c1. The molecule has 11 heteroatoms. The maximum Gasteiger partial charge on any atom is 0.416 e. The maximum atomic E-state index is 14.7. The molecule has 0 bridgehead atoms. The van der Waals surface area contributed by atoms with Gasteiger partial charge in [-0.25, -0.2) is 14.4 Å². The van der Waals surface area contributed by atoms with Gasteiger partial charge < -0.3 is 19.5 Å². The molecule has 2 aromatic heterocycles. The first kappa shape index (κ1) is 23.6. The molecule has 1 unspecified atom stereocenters. The third kappa shape index (κ3) is 4.43. The Bertz CT molecular complexity index is 1430. The number of alkyl halides is 3. The molecule has 7 nitrogen and oxygen atoms in total. The van der Waals surface area contributed by atoms with Gasteiger partial charge in [-0.15, -0.1) is 0 Å². The molecule has 0 saturated carbocycles. The second kappa shape index (κ2) is 8.81. The average molecular weight is 498 g/mol. The van der Waals surface area contributed by atoms with Crippen LogP contribution in [0, 0.1) is 19.7 Å². The predicted octanol–water partition coefficient (Wildman–Crippen LogP) is 5.75. The zero-order valence-corrected chi connectivity index (χ0v) is 19.6. The number of ether oxygens (including phenoxy) is 1. The molecule has 0 spiro atoms. The van der Waals surface area contributed by atoms with E-state index in [0.29, 0.717) is 28.5 Å². The van der Waals surface area contributed by atoms with Crippen molar-refractivity contribution >= 4 is 17.5 Å². The highest BCUT2D eigenvalue weighted by Crippen LogP contribution is 2.42. The number of anilines is 3. The van der Waals surface area contributed by atoms with Crippen LogP contribution in [-0.4, -0.2) is 33.2 Å². The van der Waals surface area contributed by atoms with Crippen molar-refractivity contribution in [3.05, 3.63) is 83.3 Å². The van der Waals surface area contributed by atoms with Crippen molar-refractivity contribution in [1.82, 2.24) is 19.5 Å². The molecule has 1 atom stereocenters. The number of likely N-dealkylation sites (N-methyl/N-ethyl adjacent to an activating group) is 1. The van der Waals surface area contributed by atoms with E-state index in [1.165, 1.54) is 24.7 Å². The van der Waals surface area contributed by atoms with Gasteiger partial charge in [0.2, 0.25) is 5.95 Å². The van der Waals surface area contributed by atoms with Gasteiger partial charge in [-0.05, 0) is 43.7 Å². The fourth-order valence-electron chi connectivity index (χ4n) is 4.19. The lowest BCUT2D eigenvalue weighted by atomic mass is 9.96. The molecular weight excluding hydrogens is 476 g/mol. The fourth-order valence-corrected chi connectivity index (χ4v) is 4.19. The van der Waals surface area contributed by atoms with Crippen LogP contribution in [0.4, 0.5) is 35.0 Å². The van der Waals surface area contributed by atoms with Gasteiger partial charge in [0.1, 0.15) is 12.4 Å². The van der Waals surface area contributed by atoms with Gasteiger partial charge in [0, 0.05) is 18.9 Å². The molecular formula is C25H22F4N6O. The number of aryl methyl sites for hydroxylation is 2. The summed E-state index contributed by atoms with van der Waals surface area (Å²) < 4.78 is 63.3. The number of nitrogens with one attached hydrogen (secondary N) is 1. The summed E-state index contributed by atoms with van der Waals surface area (Å²) in [6, 6.07) is 8.10. The third-order valence-corrected chi connectivity index (χ3v) is 6.00. The van der Waals surface area contributed by atoms with Crippen LogP contribution in [0.2, 0.25) is 0 Å². The molecule has 0 fully saturated rings. The number of aromatic nitrogens is 4. The molecule has 1 aliphatic rings. The zero-order valence-electron chi connectivity index (χ0n) is 19.6. The topological polar surface area (TPSA) is 68.1 Å². The van der Waals surface area contributed by atoms with E-state index in [9.17, 15) is 17.6 Å². The number of imidazole rings is 1. The summed E-state index contributed by atoms with van der Waals surface area (Å²) in [6.45, 7) is 3.43. The van der Waals surface area contributed by atoms with Crippen molar-refractivity contribution in [3.8, 4) is 11.4 Å². The van der Waals surface area contributed by atoms with Crippen molar-refractivity contribution < 1.29 is 22.3 Å². The first-order valence-corrected chi connectivity index (χ1v) is 11.1. The van der Waals surface area contributed by atoms with Gasteiger partial charge in [0.25, 0.3) is 0 Å². The summed E-state index contributed by atoms with van der Waals surface area (Å²) >= 11 is 0. The van der Waals surface area contributed by atoms with Crippen LogP contribution < -0.4 is 15.0 Å². The van der Waals surface area contributed by atoms with Crippen molar-refractivity contribution in [3.63, 3.8) is 0 Å². The van der Waals surface area contributed by atoms with Gasteiger partial charge in [-0.2, -0.15) is 18.2 Å². The summed E-state index contributed by atoms with van der Waals surface area (Å²) in [5, 5.41) is 2.95. The van der Waals surface area contributed by atoms with E-state index in [2.05, 4.69) is 20.3 Å². The summed E-state index contributed by atoms with van der Waals surface area (Å²) in [5.74, 6) is 0.339. The Kier molecular flexibility index (Phi) is 5.77. The molecule has 0 saturated heterocycles. The standard InChI is InChI=1S/C25H22F4N6O/c1-14-4-6-17(18(8-14)25(27,28)29)21-12-36-22-10-30-24(33-23(22)34(21)3)32-16-5-7-20(19(26)9-16)35-11-15(2)31-13-35/h4-11,13,21H,12H2,1-3H3,(H,30,32,33). The summed E-state index contributed by atoms with van der Waals surface area (Å²) in [7, 11) is 1.66. The van der Waals surface area contributed by atoms with Crippen LogP contribution in [0.15, 0.2) is 55.1 Å². The summed E-state index contributed by atoms with van der Waals surface area (Å²) in [4.78, 5) is 14.4. The Morgan fingerprint density at radius 2 is 1.89 bits per heavy atom. The zero-order chi connectivity index (χ0) is 25.6. The Balaban J connectivity index is 1.42. The minimum absolute atomic E-state index is 0.00612. The molecule has 1 aliphatic heterocycles. The quantitative estimate of drug-likeness (QED) is 0.362. The molecule has 0 aliphatic carbocycles. The fraction of sp³-hybridized carbons (Fsp3) is 0.240. The van der Waals surface area contributed by atoms with E-state index in [-0.39, 0.29) is 18.1 Å². The van der Waals surface area contributed by atoms with E-state index < -0.39 is 23.6 Å². The van der Waals surface area contributed by atoms with E-state index >= 15 is 0 Å². The predicted molar refractivity (Wildman–Crippen MR) is 126 cm³/mol. The lowest BCUT2D eigenvalue weighted by Gasteiger charge is -2.36. The third-order valence-electron chi connectivity index (χ3n) is 6.00. The molecule has 0 radical (unpaired) electrons. The molecule has 5 rings (SSSR count). The van der Waals surface area contributed by atoms with Crippen molar-refractivity contribution in [2.24, 2.45) is 0 Å². The maximum absolute atomic E-state index is 14.7. The molecule has 2 aromatic carbocycles. The second-order valence-corrected chi connectivity index (χ2v) is 8.62. The average Bonchev–Trinajstić information content (AvgIpc) is 3.25. The molecule has 36 heavy (non-hydrogen) atoms. The highest BCUT2D eigenvalue weighted by Gasteiger charge is 2.38. The van der Waals surface area contributed by atoms with Crippen molar-refractivity contribution in [2.45, 2.75) is 26.1 Å². The Morgan fingerprint density at radius 3 is 2.58 bits per heavy atom. The number of rotatable bonds is 4. The number of fused-ring (bicyclic) bond motifs is 1. The van der Waals surface area contributed by atoms with Crippen LogP contribution in [0.5, 0.6) is 5.75 Å². The smallest absolute Gasteiger partial charge is 0.416 e. The van der Waals surface area contributed by atoms with E-state index in [1.807, 2.05) is 6.92 Å². The van der Waals surface area contributed by atoms with Gasteiger partial charge in [0.05, 0.1) is 35.5 Å². The Morgan fingerprint density at radius 1 is 1.08 bits per heavy atom. The van der Waals surface area contributed by atoms with Crippen LogP contribution in [-0.2, 0) is 6.18 Å². The van der Waals surface area contributed by atoms with Crippen molar-refractivity contribution in [2.75, 3.05) is 23.9 Å². The highest BCUT2D eigenvalue weighted by molar-refractivity contribution is 5.62. The molecule has 3 heterocycles. The molecule has 1 N–H and O–H groups in total. The second-order valence-electron chi connectivity index (χ2n) is 8.62. The van der Waals surface area contributed by atoms with Crippen LogP contribution in [0.3, 0.4) is 0 Å². The number of halogens is 4. The first-order chi connectivity index (χ1) is 17.1. The van der Waals surface area contributed by atoms with Gasteiger partial charge in [0.15, 0.2) is 11.6 Å². The van der Waals surface area contributed by atoms with Crippen LogP contribution >= 0.6 is 0 Å². The Labute approximate surface area is 204 Å². The van der Waals surface area contributed by atoms with E-state index in [4.69, 9.17) is 4.74 Å². The summed E-state index contributed by atoms with van der Waals surface area (Å²) in [6.07, 6.45) is 0.170. The molecule has 4 aromatic rings. The largest absolute Gasteiger partial charge is 0.486 e. The lowest BCUT2D eigenvalue weighted by Crippen LogP contribution is -2.35.